The van der Waals surface area contributed by atoms with Crippen molar-refractivity contribution in [1.29, 1.82) is 0 Å². The molecule has 1 aromatic heterocycles. The highest BCUT2D eigenvalue weighted by atomic mass is 16.3. The second kappa shape index (κ2) is 3.59. The minimum atomic E-state index is -0.747. The van der Waals surface area contributed by atoms with Crippen LogP contribution in [0.1, 0.15) is 29.5 Å². The smallest absolute Gasteiger partial charge is 0.272 e. The third kappa shape index (κ3) is 1.95. The Bertz CT molecular complexity index is 423. The molecular formula is C11H17N3O2. The van der Waals surface area contributed by atoms with Gasteiger partial charge in [-0.2, -0.15) is 5.10 Å². The van der Waals surface area contributed by atoms with Crippen LogP contribution in [0.2, 0.25) is 0 Å². The Morgan fingerprint density at radius 2 is 2.31 bits per heavy atom. The number of aryl methyl sites for hydroxylation is 2. The molecule has 1 unspecified atom stereocenters. The van der Waals surface area contributed by atoms with Gasteiger partial charge in [0.05, 0.1) is 11.3 Å². The lowest BCUT2D eigenvalue weighted by Crippen LogP contribution is -2.34. The zero-order chi connectivity index (χ0) is 11.9. The Kier molecular flexibility index (Phi) is 2.50. The summed E-state index contributed by atoms with van der Waals surface area (Å²) >= 11 is 0. The summed E-state index contributed by atoms with van der Waals surface area (Å²) in [6, 6.07) is 1.77. The molecule has 0 aliphatic carbocycles. The van der Waals surface area contributed by atoms with E-state index in [0.29, 0.717) is 25.2 Å². The second-order valence-electron chi connectivity index (χ2n) is 4.77. The molecule has 0 radical (unpaired) electrons. The average Bonchev–Trinajstić information content (AvgIpc) is 2.68. The van der Waals surface area contributed by atoms with E-state index in [9.17, 15) is 9.90 Å². The fourth-order valence-electron chi connectivity index (χ4n) is 2.09. The molecule has 5 nitrogen and oxygen atoms in total. The van der Waals surface area contributed by atoms with Crippen LogP contribution in [0.4, 0.5) is 0 Å². The van der Waals surface area contributed by atoms with Crippen LogP contribution >= 0.6 is 0 Å². The number of carbonyl (C=O) groups is 1. The molecule has 2 heterocycles. The van der Waals surface area contributed by atoms with Crippen molar-refractivity contribution >= 4 is 5.91 Å². The van der Waals surface area contributed by atoms with Gasteiger partial charge in [-0.05, 0) is 26.3 Å². The number of nitrogens with zero attached hydrogens (tertiary/aromatic N) is 3. The summed E-state index contributed by atoms with van der Waals surface area (Å²) in [5.74, 6) is -0.0547. The first-order valence-corrected chi connectivity index (χ1v) is 5.41. The molecule has 1 aromatic rings. The zero-order valence-electron chi connectivity index (χ0n) is 9.90. The van der Waals surface area contributed by atoms with Crippen LogP contribution in [0, 0.1) is 6.92 Å². The van der Waals surface area contributed by atoms with Crippen LogP contribution < -0.4 is 0 Å². The third-order valence-electron chi connectivity index (χ3n) is 2.96. The summed E-state index contributed by atoms with van der Waals surface area (Å²) in [6.45, 7) is 4.62. The molecule has 0 aromatic carbocycles. The van der Waals surface area contributed by atoms with Gasteiger partial charge in [-0.15, -0.1) is 0 Å². The minimum absolute atomic E-state index is 0.0547. The average molecular weight is 223 g/mol. The highest BCUT2D eigenvalue weighted by Gasteiger charge is 2.35. The molecular weight excluding hydrogens is 206 g/mol. The predicted molar refractivity (Wildman–Crippen MR) is 59.1 cm³/mol. The van der Waals surface area contributed by atoms with Crippen molar-refractivity contribution in [2.45, 2.75) is 25.9 Å². The Morgan fingerprint density at radius 1 is 1.62 bits per heavy atom. The van der Waals surface area contributed by atoms with Crippen molar-refractivity contribution in [3.8, 4) is 0 Å². The van der Waals surface area contributed by atoms with E-state index >= 15 is 0 Å². The summed E-state index contributed by atoms with van der Waals surface area (Å²) in [5.41, 5.74) is 0.663. The van der Waals surface area contributed by atoms with E-state index in [1.54, 1.807) is 29.6 Å². The quantitative estimate of drug-likeness (QED) is 0.746. The van der Waals surface area contributed by atoms with Gasteiger partial charge in [0.2, 0.25) is 0 Å². The van der Waals surface area contributed by atoms with Crippen LogP contribution in [0.5, 0.6) is 0 Å². The van der Waals surface area contributed by atoms with Crippen molar-refractivity contribution in [1.82, 2.24) is 14.7 Å². The number of rotatable bonds is 1. The molecule has 1 saturated heterocycles. The van der Waals surface area contributed by atoms with Crippen LogP contribution in [0.3, 0.4) is 0 Å². The van der Waals surface area contributed by atoms with Crippen molar-refractivity contribution in [2.24, 2.45) is 7.05 Å². The number of aliphatic hydroxyl groups is 1. The first kappa shape index (κ1) is 11.1. The van der Waals surface area contributed by atoms with Crippen molar-refractivity contribution in [2.75, 3.05) is 13.1 Å². The molecule has 2 rings (SSSR count). The lowest BCUT2D eigenvalue weighted by Gasteiger charge is -2.18. The lowest BCUT2D eigenvalue weighted by atomic mass is 10.1. The minimum Gasteiger partial charge on any atom is -0.388 e. The van der Waals surface area contributed by atoms with Gasteiger partial charge in [-0.3, -0.25) is 9.48 Å². The molecule has 0 saturated carbocycles. The maximum Gasteiger partial charge on any atom is 0.272 e. The van der Waals surface area contributed by atoms with Gasteiger partial charge < -0.3 is 10.0 Å². The van der Waals surface area contributed by atoms with Gasteiger partial charge in [0.1, 0.15) is 5.69 Å². The zero-order valence-corrected chi connectivity index (χ0v) is 9.90. The SMILES string of the molecule is Cc1cc(C(=O)N2CCC(C)(O)C2)n(C)n1. The molecule has 0 spiro atoms. The molecule has 1 fully saturated rings. The van der Waals surface area contributed by atoms with Gasteiger partial charge in [-0.1, -0.05) is 0 Å². The molecule has 1 atom stereocenters. The number of hydrogen-bond donors (Lipinski definition) is 1. The molecule has 1 aliphatic rings. The van der Waals surface area contributed by atoms with E-state index in [-0.39, 0.29) is 5.91 Å². The molecule has 88 valence electrons. The van der Waals surface area contributed by atoms with E-state index in [2.05, 4.69) is 5.10 Å². The number of carbonyl (C=O) groups excluding carboxylic acids is 1. The number of hydrogen-bond acceptors (Lipinski definition) is 3. The van der Waals surface area contributed by atoms with Gasteiger partial charge in [0.25, 0.3) is 5.91 Å². The van der Waals surface area contributed by atoms with Gasteiger partial charge in [0, 0.05) is 20.1 Å². The van der Waals surface area contributed by atoms with Gasteiger partial charge in [-0.25, -0.2) is 0 Å². The highest BCUT2D eigenvalue weighted by Crippen LogP contribution is 2.22. The maximum atomic E-state index is 12.1. The second-order valence-corrected chi connectivity index (χ2v) is 4.77. The van der Waals surface area contributed by atoms with E-state index < -0.39 is 5.60 Å². The molecule has 16 heavy (non-hydrogen) atoms. The fraction of sp³-hybridized carbons (Fsp3) is 0.636. The Labute approximate surface area is 94.7 Å². The number of aromatic nitrogens is 2. The normalized spacial score (nSPS) is 25.1. The topological polar surface area (TPSA) is 58.4 Å². The van der Waals surface area contributed by atoms with Crippen LogP contribution in [-0.4, -0.2) is 44.4 Å². The Hall–Kier alpha value is -1.36. The monoisotopic (exact) mass is 223 g/mol. The Balaban J connectivity index is 2.18. The molecule has 5 heteroatoms. The largest absolute Gasteiger partial charge is 0.388 e. The van der Waals surface area contributed by atoms with E-state index in [1.165, 1.54) is 0 Å². The first-order chi connectivity index (χ1) is 7.39. The van der Waals surface area contributed by atoms with Crippen molar-refractivity contribution in [3.63, 3.8) is 0 Å². The fourth-order valence-corrected chi connectivity index (χ4v) is 2.09. The summed E-state index contributed by atoms with van der Waals surface area (Å²) in [7, 11) is 1.76. The van der Waals surface area contributed by atoms with Gasteiger partial charge in [0.15, 0.2) is 0 Å². The molecule has 1 aliphatic heterocycles. The van der Waals surface area contributed by atoms with E-state index in [0.717, 1.165) is 5.69 Å². The molecule has 0 bridgehead atoms. The number of β-amino-alcohol motifs (C(OH)–C–C–N with tert-alkyl or cyclic N) is 1. The summed E-state index contributed by atoms with van der Waals surface area (Å²) < 4.78 is 1.59. The molecule has 1 N–H and O–H groups in total. The van der Waals surface area contributed by atoms with Crippen LogP contribution in [-0.2, 0) is 7.05 Å². The van der Waals surface area contributed by atoms with Crippen molar-refractivity contribution in [3.05, 3.63) is 17.5 Å². The van der Waals surface area contributed by atoms with Crippen LogP contribution in [0.25, 0.3) is 0 Å². The van der Waals surface area contributed by atoms with E-state index in [1.807, 2.05) is 6.92 Å². The summed E-state index contributed by atoms with van der Waals surface area (Å²) in [4.78, 5) is 13.8. The van der Waals surface area contributed by atoms with Gasteiger partial charge >= 0.3 is 0 Å². The molecule has 1 amide bonds. The number of amides is 1. The van der Waals surface area contributed by atoms with E-state index in [4.69, 9.17) is 0 Å². The predicted octanol–water partition coefficient (Wildman–Crippen LogP) is 0.325. The Morgan fingerprint density at radius 3 is 2.75 bits per heavy atom. The van der Waals surface area contributed by atoms with Crippen molar-refractivity contribution < 1.29 is 9.90 Å². The first-order valence-electron chi connectivity index (χ1n) is 5.41. The standard InChI is InChI=1S/C11H17N3O2/c1-8-6-9(13(3)12-8)10(15)14-5-4-11(2,16)7-14/h6,16H,4-5,7H2,1-3H3. The highest BCUT2D eigenvalue weighted by molar-refractivity contribution is 5.93. The lowest BCUT2D eigenvalue weighted by molar-refractivity contribution is 0.0566. The maximum absolute atomic E-state index is 12.1. The summed E-state index contributed by atoms with van der Waals surface area (Å²) in [6.07, 6.45) is 0.634. The third-order valence-corrected chi connectivity index (χ3v) is 2.96. The number of likely N-dealkylation sites (tertiary alicyclic amines) is 1. The summed E-state index contributed by atoms with van der Waals surface area (Å²) in [5, 5.41) is 14.0. The van der Waals surface area contributed by atoms with Crippen LogP contribution in [0.15, 0.2) is 6.07 Å².